The van der Waals surface area contributed by atoms with Gasteiger partial charge in [0.1, 0.15) is 22.9 Å². The predicted molar refractivity (Wildman–Crippen MR) is 151 cm³/mol. The van der Waals surface area contributed by atoms with Gasteiger partial charge in [-0.15, -0.1) is 5.10 Å². The number of aromatic nitrogens is 4. The van der Waals surface area contributed by atoms with Gasteiger partial charge in [-0.3, -0.25) is 0 Å². The van der Waals surface area contributed by atoms with Crippen molar-refractivity contribution in [3.8, 4) is 62.5 Å². The molecule has 0 aliphatic heterocycles. The van der Waals surface area contributed by atoms with Gasteiger partial charge in [-0.2, -0.15) is 13.2 Å². The van der Waals surface area contributed by atoms with Gasteiger partial charge >= 0.3 is 6.18 Å². The monoisotopic (exact) mass is 568 g/mol. The van der Waals surface area contributed by atoms with Gasteiger partial charge in [0.25, 0.3) is 0 Å². The van der Waals surface area contributed by atoms with Crippen molar-refractivity contribution >= 4 is 0 Å². The van der Waals surface area contributed by atoms with Crippen LogP contribution in [0.2, 0.25) is 0 Å². The van der Waals surface area contributed by atoms with Gasteiger partial charge in [0.2, 0.25) is 5.89 Å². The lowest BCUT2D eigenvalue weighted by molar-refractivity contribution is -0.137. The topological polar surface area (TPSA) is 75.2 Å². The van der Waals surface area contributed by atoms with Crippen molar-refractivity contribution in [1.82, 2.24) is 20.0 Å². The molecular formula is C32H23F3N4O3. The molecule has 6 aromatic rings. The van der Waals surface area contributed by atoms with Crippen LogP contribution in [0.1, 0.15) is 5.56 Å². The normalized spacial score (nSPS) is 11.5. The fourth-order valence-corrected chi connectivity index (χ4v) is 4.57. The van der Waals surface area contributed by atoms with Crippen molar-refractivity contribution in [2.75, 3.05) is 14.2 Å². The van der Waals surface area contributed by atoms with Crippen LogP contribution in [0.4, 0.5) is 13.2 Å². The molecule has 2 heterocycles. The van der Waals surface area contributed by atoms with Gasteiger partial charge < -0.3 is 13.9 Å². The van der Waals surface area contributed by atoms with Crippen LogP contribution in [0.3, 0.4) is 0 Å². The summed E-state index contributed by atoms with van der Waals surface area (Å²) in [6, 6.07) is 27.4. The minimum atomic E-state index is -4.52. The molecule has 10 heteroatoms. The van der Waals surface area contributed by atoms with Crippen molar-refractivity contribution in [3.63, 3.8) is 0 Å². The molecule has 0 atom stereocenters. The van der Waals surface area contributed by atoms with Crippen LogP contribution < -0.4 is 9.47 Å². The molecule has 0 aliphatic rings. The number of alkyl halides is 3. The van der Waals surface area contributed by atoms with Crippen molar-refractivity contribution < 1.29 is 27.1 Å². The summed E-state index contributed by atoms with van der Waals surface area (Å²) in [6.45, 7) is 0. The van der Waals surface area contributed by atoms with Gasteiger partial charge in [-0.05, 0) is 72.8 Å². The first-order valence-corrected chi connectivity index (χ1v) is 12.8. The van der Waals surface area contributed by atoms with Crippen LogP contribution in [0.15, 0.2) is 108 Å². The summed E-state index contributed by atoms with van der Waals surface area (Å²) in [4.78, 5) is 4.84. The Morgan fingerprint density at radius 1 is 0.738 bits per heavy atom. The lowest BCUT2D eigenvalue weighted by Gasteiger charge is -2.10. The van der Waals surface area contributed by atoms with Gasteiger partial charge in [-0.1, -0.05) is 29.5 Å². The number of rotatable bonds is 7. The molecule has 0 fully saturated rings. The third-order valence-corrected chi connectivity index (χ3v) is 6.70. The smallest absolute Gasteiger partial charge is 0.417 e. The molecule has 42 heavy (non-hydrogen) atoms. The van der Waals surface area contributed by atoms with Gasteiger partial charge in [0.05, 0.1) is 31.7 Å². The Morgan fingerprint density at radius 2 is 1.40 bits per heavy atom. The van der Waals surface area contributed by atoms with E-state index in [1.165, 1.54) is 29.1 Å². The molecule has 0 N–H and O–H groups in total. The molecule has 7 nitrogen and oxygen atoms in total. The third kappa shape index (κ3) is 5.22. The molecular weight excluding hydrogens is 545 g/mol. The molecule has 2 aromatic heterocycles. The van der Waals surface area contributed by atoms with E-state index in [1.807, 2.05) is 54.6 Å². The van der Waals surface area contributed by atoms with E-state index in [0.717, 1.165) is 17.2 Å². The number of hydrogen-bond acceptors (Lipinski definition) is 6. The van der Waals surface area contributed by atoms with Gasteiger partial charge in [0, 0.05) is 22.3 Å². The molecule has 0 amide bonds. The minimum Gasteiger partial charge on any atom is -0.497 e. The highest BCUT2D eigenvalue weighted by molar-refractivity contribution is 5.79. The summed E-state index contributed by atoms with van der Waals surface area (Å²) in [6.07, 6.45) is -3.06. The standard InChI is InChI=1S/C32H23F3N4O3/c1-40-24-14-10-20(11-15-24)29-30(21-12-16-25(41-2)17-13-21)42-31(36-29)22-6-5-7-23(18-22)39-19-28(37-38-39)26-8-3-4-9-27(26)32(33,34)35/h3-19H,1-2H3. The van der Waals surface area contributed by atoms with Crippen molar-refractivity contribution in [1.29, 1.82) is 0 Å². The van der Waals surface area contributed by atoms with Gasteiger partial charge in [-0.25, -0.2) is 9.67 Å². The zero-order chi connectivity index (χ0) is 29.3. The molecule has 0 saturated heterocycles. The van der Waals surface area contributed by atoms with E-state index in [-0.39, 0.29) is 11.3 Å². The molecule has 0 unspecified atom stereocenters. The van der Waals surface area contributed by atoms with Crippen molar-refractivity contribution in [3.05, 3.63) is 109 Å². The Kier molecular flexibility index (Phi) is 6.95. The molecule has 0 aliphatic carbocycles. The number of methoxy groups -OCH3 is 2. The van der Waals surface area contributed by atoms with Crippen LogP contribution in [0.25, 0.3) is 51.0 Å². The van der Waals surface area contributed by atoms with E-state index in [9.17, 15) is 13.2 Å². The van der Waals surface area contributed by atoms with Crippen LogP contribution in [0.5, 0.6) is 11.5 Å². The molecule has 0 bridgehead atoms. The third-order valence-electron chi connectivity index (χ3n) is 6.70. The Morgan fingerprint density at radius 3 is 2.07 bits per heavy atom. The molecule has 0 spiro atoms. The van der Waals surface area contributed by atoms with Crippen LogP contribution in [-0.4, -0.2) is 34.2 Å². The Hall–Kier alpha value is -5.38. The first-order valence-electron chi connectivity index (χ1n) is 12.8. The molecule has 210 valence electrons. The summed E-state index contributed by atoms with van der Waals surface area (Å²) in [5.74, 6) is 2.35. The summed E-state index contributed by atoms with van der Waals surface area (Å²) in [5.41, 5.74) is 2.78. The zero-order valence-electron chi connectivity index (χ0n) is 22.5. The predicted octanol–water partition coefficient (Wildman–Crippen LogP) is 7.96. The first-order chi connectivity index (χ1) is 20.3. The fraction of sp³-hybridized carbons (Fsp3) is 0.0938. The second kappa shape index (κ2) is 10.9. The van der Waals surface area contributed by atoms with Crippen LogP contribution in [0, 0.1) is 0 Å². The van der Waals surface area contributed by atoms with E-state index in [4.69, 9.17) is 18.9 Å². The number of nitrogens with zero attached hydrogens (tertiary/aromatic N) is 4. The second-order valence-corrected chi connectivity index (χ2v) is 9.30. The molecule has 6 rings (SSSR count). The maximum Gasteiger partial charge on any atom is 0.417 e. The fourth-order valence-electron chi connectivity index (χ4n) is 4.57. The summed E-state index contributed by atoms with van der Waals surface area (Å²) >= 11 is 0. The zero-order valence-corrected chi connectivity index (χ0v) is 22.5. The molecule has 4 aromatic carbocycles. The molecule has 0 radical (unpaired) electrons. The first kappa shape index (κ1) is 26.8. The van der Waals surface area contributed by atoms with Gasteiger partial charge in [0.15, 0.2) is 5.76 Å². The lowest BCUT2D eigenvalue weighted by atomic mass is 10.0. The average Bonchev–Trinajstić information content (AvgIpc) is 3.70. The van der Waals surface area contributed by atoms with E-state index in [1.54, 1.807) is 32.4 Å². The maximum atomic E-state index is 13.6. The molecule has 0 saturated carbocycles. The highest BCUT2D eigenvalue weighted by atomic mass is 19.4. The number of halogens is 3. The minimum absolute atomic E-state index is 0.0478. The Bertz CT molecular complexity index is 1780. The summed E-state index contributed by atoms with van der Waals surface area (Å²) in [5, 5.41) is 8.11. The quantitative estimate of drug-likeness (QED) is 0.195. The maximum absolute atomic E-state index is 13.6. The Labute approximate surface area is 238 Å². The second-order valence-electron chi connectivity index (χ2n) is 9.30. The number of oxazole rings is 1. The lowest BCUT2D eigenvalue weighted by Crippen LogP contribution is -2.06. The number of ether oxygens (including phenoxy) is 2. The number of benzene rings is 4. The Balaban J connectivity index is 1.40. The van der Waals surface area contributed by atoms with Crippen molar-refractivity contribution in [2.45, 2.75) is 6.18 Å². The number of hydrogen-bond donors (Lipinski definition) is 0. The van der Waals surface area contributed by atoms with Crippen LogP contribution in [-0.2, 0) is 6.18 Å². The van der Waals surface area contributed by atoms with E-state index < -0.39 is 11.7 Å². The summed E-state index contributed by atoms with van der Waals surface area (Å²) < 4.78 is 59.1. The highest BCUT2D eigenvalue weighted by Gasteiger charge is 2.34. The largest absolute Gasteiger partial charge is 0.497 e. The van der Waals surface area contributed by atoms with E-state index in [0.29, 0.717) is 40.1 Å². The van der Waals surface area contributed by atoms with E-state index in [2.05, 4.69) is 10.3 Å². The average molecular weight is 569 g/mol. The summed E-state index contributed by atoms with van der Waals surface area (Å²) in [7, 11) is 3.21. The van der Waals surface area contributed by atoms with Crippen molar-refractivity contribution in [2.24, 2.45) is 0 Å². The highest BCUT2D eigenvalue weighted by Crippen LogP contribution is 2.38. The van der Waals surface area contributed by atoms with E-state index >= 15 is 0 Å². The van der Waals surface area contributed by atoms with Crippen LogP contribution >= 0.6 is 0 Å². The SMILES string of the molecule is COc1ccc(-c2nc(-c3cccc(-n4cc(-c5ccccc5C(F)(F)F)nn4)c3)oc2-c2ccc(OC)cc2)cc1.